The Labute approximate surface area is 144 Å². The van der Waals surface area contributed by atoms with E-state index in [1.165, 1.54) is 12.1 Å². The van der Waals surface area contributed by atoms with E-state index in [0.29, 0.717) is 25.7 Å². The van der Waals surface area contributed by atoms with E-state index in [-0.39, 0.29) is 22.5 Å². The van der Waals surface area contributed by atoms with Gasteiger partial charge in [-0.1, -0.05) is 23.6 Å². The number of nitrogens with one attached hydrogen (secondary N) is 2. The molecule has 0 saturated heterocycles. The van der Waals surface area contributed by atoms with Crippen LogP contribution in [0.4, 0.5) is 9.18 Å². The fourth-order valence-corrected chi connectivity index (χ4v) is 2.95. The van der Waals surface area contributed by atoms with Gasteiger partial charge in [0.15, 0.2) is 0 Å². The van der Waals surface area contributed by atoms with Gasteiger partial charge in [-0.25, -0.2) is 9.18 Å². The summed E-state index contributed by atoms with van der Waals surface area (Å²) < 4.78 is 13.9. The molecule has 1 aliphatic rings. The Morgan fingerprint density at radius 2 is 2.00 bits per heavy atom. The zero-order chi connectivity index (χ0) is 17.7. The number of halogens is 2. The third kappa shape index (κ3) is 4.62. The lowest BCUT2D eigenvalue weighted by atomic mass is 9.86. The summed E-state index contributed by atoms with van der Waals surface area (Å²) in [4.78, 5) is 23.0. The molecule has 24 heavy (non-hydrogen) atoms. The van der Waals surface area contributed by atoms with Crippen LogP contribution in [0.2, 0.25) is 5.02 Å². The third-order valence-corrected chi connectivity index (χ3v) is 4.36. The van der Waals surface area contributed by atoms with E-state index >= 15 is 0 Å². The molecule has 5 nitrogen and oxygen atoms in total. The zero-order valence-electron chi connectivity index (χ0n) is 12.9. The number of carbonyl (C=O) groups is 2. The molecule has 1 aromatic carbocycles. The first kappa shape index (κ1) is 18.1. The van der Waals surface area contributed by atoms with Gasteiger partial charge in [0.2, 0.25) is 0 Å². The maximum atomic E-state index is 13.9. The van der Waals surface area contributed by atoms with Crippen molar-refractivity contribution in [1.82, 2.24) is 10.6 Å². The lowest BCUT2D eigenvalue weighted by molar-refractivity contribution is -0.142. The van der Waals surface area contributed by atoms with Crippen LogP contribution in [0.15, 0.2) is 18.2 Å². The van der Waals surface area contributed by atoms with Crippen molar-refractivity contribution in [2.45, 2.75) is 37.8 Å². The van der Waals surface area contributed by atoms with Crippen molar-refractivity contribution in [3.05, 3.63) is 34.6 Å². The number of carboxylic acids is 1. The van der Waals surface area contributed by atoms with E-state index in [9.17, 15) is 14.0 Å². The second kappa shape index (κ2) is 8.02. The van der Waals surface area contributed by atoms with Crippen molar-refractivity contribution in [1.29, 1.82) is 0 Å². The summed E-state index contributed by atoms with van der Waals surface area (Å²) in [6, 6.07) is 2.52. The van der Waals surface area contributed by atoms with E-state index in [1.54, 1.807) is 0 Å². The van der Waals surface area contributed by atoms with Crippen LogP contribution >= 0.6 is 11.6 Å². The summed E-state index contributed by atoms with van der Waals surface area (Å²) in [6.45, 7) is 0. The van der Waals surface area contributed by atoms with Crippen molar-refractivity contribution in [2.75, 3.05) is 0 Å². The molecule has 1 fully saturated rings. The number of amides is 2. The molecule has 0 heterocycles. The minimum Gasteiger partial charge on any atom is -0.481 e. The SMILES string of the molecule is C#CC(NC(=O)NC1CCC(C(=O)O)CC1)c1ccc(Cl)cc1F. The monoisotopic (exact) mass is 352 g/mol. The quantitative estimate of drug-likeness (QED) is 0.728. The van der Waals surface area contributed by atoms with E-state index in [1.807, 2.05) is 0 Å². The largest absolute Gasteiger partial charge is 0.481 e. The molecule has 0 bridgehead atoms. The number of carboxylic acid groups (broad SMARTS) is 1. The Kier molecular flexibility index (Phi) is 6.04. The van der Waals surface area contributed by atoms with Gasteiger partial charge in [-0.2, -0.15) is 0 Å². The molecule has 2 rings (SSSR count). The van der Waals surface area contributed by atoms with E-state index < -0.39 is 23.9 Å². The molecule has 3 N–H and O–H groups in total. The average molecular weight is 353 g/mol. The molecule has 0 aliphatic heterocycles. The van der Waals surface area contributed by atoms with Crippen LogP contribution in [-0.4, -0.2) is 23.1 Å². The molecular formula is C17H18ClFN2O3. The highest BCUT2D eigenvalue weighted by Crippen LogP contribution is 2.25. The molecule has 7 heteroatoms. The number of carbonyl (C=O) groups excluding carboxylic acids is 1. The van der Waals surface area contributed by atoms with Crippen LogP contribution in [0.5, 0.6) is 0 Å². The van der Waals surface area contributed by atoms with Gasteiger partial charge < -0.3 is 15.7 Å². The predicted molar refractivity (Wildman–Crippen MR) is 88.0 cm³/mol. The van der Waals surface area contributed by atoms with E-state index in [4.69, 9.17) is 23.1 Å². The van der Waals surface area contributed by atoms with Gasteiger partial charge in [0.05, 0.1) is 5.92 Å². The first-order chi connectivity index (χ1) is 11.4. The first-order valence-electron chi connectivity index (χ1n) is 7.61. The summed E-state index contributed by atoms with van der Waals surface area (Å²) in [5, 5.41) is 14.5. The molecular weight excluding hydrogens is 335 g/mol. The lowest BCUT2D eigenvalue weighted by Gasteiger charge is -2.27. The maximum absolute atomic E-state index is 13.9. The number of hydrogen-bond donors (Lipinski definition) is 3. The Bertz CT molecular complexity index is 666. The second-order valence-corrected chi connectivity index (χ2v) is 6.21. The second-order valence-electron chi connectivity index (χ2n) is 5.77. The van der Waals surface area contributed by atoms with Gasteiger partial charge in [-0.3, -0.25) is 4.79 Å². The molecule has 2 amide bonds. The maximum Gasteiger partial charge on any atom is 0.316 e. The number of benzene rings is 1. The lowest BCUT2D eigenvalue weighted by Crippen LogP contribution is -2.45. The number of urea groups is 1. The van der Waals surface area contributed by atoms with Crippen molar-refractivity contribution < 1.29 is 19.1 Å². The van der Waals surface area contributed by atoms with Gasteiger partial charge in [0, 0.05) is 16.6 Å². The molecule has 1 atom stereocenters. The van der Waals surface area contributed by atoms with E-state index in [0.717, 1.165) is 6.07 Å². The van der Waals surface area contributed by atoms with Gasteiger partial charge in [0.25, 0.3) is 0 Å². The van der Waals surface area contributed by atoms with Crippen LogP contribution < -0.4 is 10.6 Å². The van der Waals surface area contributed by atoms with Crippen LogP contribution in [0.3, 0.4) is 0 Å². The molecule has 1 aliphatic carbocycles. The Hall–Kier alpha value is -2.26. The molecule has 1 saturated carbocycles. The molecule has 0 spiro atoms. The molecule has 128 valence electrons. The topological polar surface area (TPSA) is 78.4 Å². The van der Waals surface area contributed by atoms with Crippen LogP contribution in [0.25, 0.3) is 0 Å². The number of aliphatic carboxylic acids is 1. The van der Waals surface area contributed by atoms with Gasteiger partial charge in [-0.15, -0.1) is 6.42 Å². The molecule has 0 radical (unpaired) electrons. The minimum absolute atomic E-state index is 0.117. The fraction of sp³-hybridized carbons (Fsp3) is 0.412. The smallest absolute Gasteiger partial charge is 0.316 e. The molecule has 0 aromatic heterocycles. The summed E-state index contributed by atoms with van der Waals surface area (Å²) in [5.41, 5.74) is 0.159. The standard InChI is InChI=1S/C17H18ClFN2O3/c1-2-15(13-8-5-11(18)9-14(13)19)21-17(24)20-12-6-3-10(4-7-12)16(22)23/h1,5,8-10,12,15H,3-4,6-7H2,(H,22,23)(H2,20,21,24). The molecule has 1 unspecified atom stereocenters. The Morgan fingerprint density at radius 1 is 1.33 bits per heavy atom. The number of rotatable bonds is 4. The fourth-order valence-electron chi connectivity index (χ4n) is 2.79. The summed E-state index contributed by atoms with van der Waals surface area (Å²) in [5.74, 6) is 0.590. The van der Waals surface area contributed by atoms with Crippen LogP contribution in [0.1, 0.15) is 37.3 Å². The highest BCUT2D eigenvalue weighted by Gasteiger charge is 2.27. The van der Waals surface area contributed by atoms with Crippen molar-refractivity contribution in [3.63, 3.8) is 0 Å². The highest BCUT2D eigenvalue weighted by molar-refractivity contribution is 6.30. The van der Waals surface area contributed by atoms with Gasteiger partial charge in [-0.05, 0) is 37.8 Å². The highest BCUT2D eigenvalue weighted by atomic mass is 35.5. The van der Waals surface area contributed by atoms with Crippen LogP contribution in [0, 0.1) is 24.1 Å². The van der Waals surface area contributed by atoms with Crippen molar-refractivity contribution >= 4 is 23.6 Å². The summed E-state index contributed by atoms with van der Waals surface area (Å²) in [7, 11) is 0. The van der Waals surface area contributed by atoms with Gasteiger partial charge in [0.1, 0.15) is 11.9 Å². The average Bonchev–Trinajstić information content (AvgIpc) is 2.53. The predicted octanol–water partition coefficient (Wildman–Crippen LogP) is 3.10. The van der Waals surface area contributed by atoms with Gasteiger partial charge >= 0.3 is 12.0 Å². The molecule has 1 aromatic rings. The first-order valence-corrected chi connectivity index (χ1v) is 7.99. The Morgan fingerprint density at radius 3 is 2.54 bits per heavy atom. The van der Waals surface area contributed by atoms with Crippen molar-refractivity contribution in [3.8, 4) is 12.3 Å². The van der Waals surface area contributed by atoms with Crippen molar-refractivity contribution in [2.24, 2.45) is 5.92 Å². The normalized spacial score (nSPS) is 21.4. The summed E-state index contributed by atoms with van der Waals surface area (Å²) in [6.07, 6.45) is 7.59. The number of terminal acetylenes is 1. The minimum atomic E-state index is -0.919. The Balaban J connectivity index is 1.91. The third-order valence-electron chi connectivity index (χ3n) is 4.13. The summed E-state index contributed by atoms with van der Waals surface area (Å²) >= 11 is 5.70. The number of hydrogen-bond acceptors (Lipinski definition) is 2. The van der Waals surface area contributed by atoms with E-state index in [2.05, 4.69) is 16.6 Å². The zero-order valence-corrected chi connectivity index (χ0v) is 13.6. The van der Waals surface area contributed by atoms with Crippen LogP contribution in [-0.2, 0) is 4.79 Å².